The average molecular weight is 307 g/mol. The Bertz CT molecular complexity index is 408. The summed E-state index contributed by atoms with van der Waals surface area (Å²) in [6.07, 6.45) is -0.386. The van der Waals surface area contributed by atoms with Crippen molar-refractivity contribution in [3.8, 4) is 0 Å². The van der Waals surface area contributed by atoms with E-state index in [2.05, 4.69) is 0 Å². The Hall–Kier alpha value is -0.850. The first-order valence-electron chi connectivity index (χ1n) is 4.08. The van der Waals surface area contributed by atoms with E-state index in [1.165, 1.54) is 17.0 Å². The van der Waals surface area contributed by atoms with Gasteiger partial charge in [0.2, 0.25) is 0 Å². The predicted octanol–water partition coefficient (Wildman–Crippen LogP) is 2.47. The predicted molar refractivity (Wildman–Crippen MR) is 58.2 cm³/mol. The van der Waals surface area contributed by atoms with Crippen molar-refractivity contribution >= 4 is 34.4 Å². The number of amides is 1. The zero-order valence-corrected chi connectivity index (χ0v) is 9.29. The first-order chi connectivity index (χ1) is 6.59. The Balaban J connectivity index is 2.54. The standard InChI is InChI=1S/C9H7FINO2/c10-6-3-5-1-2-12(9(13)14)8(5)7(11)4-6/h3-4H,1-2H2,(H,13,14). The van der Waals surface area contributed by atoms with Gasteiger partial charge in [-0.15, -0.1) is 0 Å². The largest absolute Gasteiger partial charge is 0.465 e. The third kappa shape index (κ3) is 1.45. The molecule has 3 nitrogen and oxygen atoms in total. The van der Waals surface area contributed by atoms with E-state index in [0.717, 1.165) is 5.56 Å². The molecule has 0 unspecified atom stereocenters. The molecule has 1 aromatic rings. The second kappa shape index (κ2) is 3.38. The highest BCUT2D eigenvalue weighted by molar-refractivity contribution is 14.1. The van der Waals surface area contributed by atoms with E-state index in [0.29, 0.717) is 22.2 Å². The minimum Gasteiger partial charge on any atom is -0.465 e. The monoisotopic (exact) mass is 307 g/mol. The van der Waals surface area contributed by atoms with Crippen LogP contribution in [0.15, 0.2) is 12.1 Å². The minimum absolute atomic E-state index is 0.305. The Labute approximate surface area is 93.7 Å². The number of hydrogen-bond donors (Lipinski definition) is 1. The van der Waals surface area contributed by atoms with Crippen LogP contribution in [0.1, 0.15) is 5.56 Å². The summed E-state index contributed by atoms with van der Waals surface area (Å²) in [6.45, 7) is 0.421. The number of fused-ring (bicyclic) bond motifs is 1. The molecule has 74 valence electrons. The van der Waals surface area contributed by atoms with Crippen LogP contribution < -0.4 is 4.90 Å². The molecule has 1 heterocycles. The molecule has 1 aromatic carbocycles. The van der Waals surface area contributed by atoms with E-state index >= 15 is 0 Å². The van der Waals surface area contributed by atoms with E-state index in [1.54, 1.807) is 0 Å². The zero-order valence-electron chi connectivity index (χ0n) is 7.13. The molecular weight excluding hydrogens is 300 g/mol. The van der Waals surface area contributed by atoms with Gasteiger partial charge in [-0.25, -0.2) is 9.18 Å². The summed E-state index contributed by atoms with van der Waals surface area (Å²) < 4.78 is 13.6. The maximum Gasteiger partial charge on any atom is 0.411 e. The van der Waals surface area contributed by atoms with Crippen molar-refractivity contribution in [2.24, 2.45) is 0 Å². The topological polar surface area (TPSA) is 40.5 Å². The molecule has 0 radical (unpaired) electrons. The summed E-state index contributed by atoms with van der Waals surface area (Å²) in [5, 5.41) is 8.88. The van der Waals surface area contributed by atoms with Gasteiger partial charge in [0.25, 0.3) is 0 Å². The summed E-state index contributed by atoms with van der Waals surface area (Å²) in [7, 11) is 0. The van der Waals surface area contributed by atoms with Crippen molar-refractivity contribution in [1.82, 2.24) is 0 Å². The highest BCUT2D eigenvalue weighted by atomic mass is 127. The van der Waals surface area contributed by atoms with E-state index in [1.807, 2.05) is 22.6 Å². The summed E-state index contributed by atoms with van der Waals surface area (Å²) >= 11 is 1.96. The van der Waals surface area contributed by atoms with Gasteiger partial charge in [0, 0.05) is 10.1 Å². The molecule has 0 saturated carbocycles. The van der Waals surface area contributed by atoms with Crippen LogP contribution in [-0.2, 0) is 6.42 Å². The maximum atomic E-state index is 13.0. The highest BCUT2D eigenvalue weighted by Crippen LogP contribution is 2.33. The molecule has 5 heteroatoms. The quantitative estimate of drug-likeness (QED) is 0.748. The van der Waals surface area contributed by atoms with Gasteiger partial charge in [-0.3, -0.25) is 4.90 Å². The third-order valence-corrected chi connectivity index (χ3v) is 3.03. The molecule has 14 heavy (non-hydrogen) atoms. The number of carbonyl (C=O) groups is 1. The van der Waals surface area contributed by atoms with Gasteiger partial charge in [-0.1, -0.05) is 0 Å². The molecule has 1 N–H and O–H groups in total. The Morgan fingerprint density at radius 2 is 2.29 bits per heavy atom. The van der Waals surface area contributed by atoms with Gasteiger partial charge in [-0.2, -0.15) is 0 Å². The molecule has 0 bridgehead atoms. The molecule has 0 fully saturated rings. The zero-order chi connectivity index (χ0) is 10.3. The van der Waals surface area contributed by atoms with Crippen LogP contribution in [0.2, 0.25) is 0 Å². The fraction of sp³-hybridized carbons (Fsp3) is 0.222. The molecular formula is C9H7FINO2. The van der Waals surface area contributed by atoms with Crippen molar-refractivity contribution in [2.75, 3.05) is 11.4 Å². The molecule has 0 aromatic heterocycles. The average Bonchev–Trinajstić information content (AvgIpc) is 2.47. The van der Waals surface area contributed by atoms with Gasteiger partial charge < -0.3 is 5.11 Å². The van der Waals surface area contributed by atoms with Crippen LogP contribution in [0.3, 0.4) is 0 Å². The second-order valence-electron chi connectivity index (χ2n) is 3.08. The van der Waals surface area contributed by atoms with Gasteiger partial charge in [0.1, 0.15) is 5.82 Å². The lowest BCUT2D eigenvalue weighted by Gasteiger charge is -2.14. The SMILES string of the molecule is O=C(O)N1CCc2cc(F)cc(I)c21. The van der Waals surface area contributed by atoms with E-state index in [-0.39, 0.29) is 5.82 Å². The number of anilines is 1. The first kappa shape index (κ1) is 9.70. The molecule has 1 amide bonds. The Morgan fingerprint density at radius 1 is 1.57 bits per heavy atom. The molecule has 1 aliphatic heterocycles. The first-order valence-corrected chi connectivity index (χ1v) is 5.16. The van der Waals surface area contributed by atoms with Crippen LogP contribution in [0.5, 0.6) is 0 Å². The van der Waals surface area contributed by atoms with E-state index in [9.17, 15) is 9.18 Å². The van der Waals surface area contributed by atoms with Crippen LogP contribution in [0, 0.1) is 9.39 Å². The number of rotatable bonds is 0. The van der Waals surface area contributed by atoms with Crippen molar-refractivity contribution in [1.29, 1.82) is 0 Å². The maximum absolute atomic E-state index is 13.0. The van der Waals surface area contributed by atoms with Crippen LogP contribution in [0.4, 0.5) is 14.9 Å². The van der Waals surface area contributed by atoms with Crippen LogP contribution >= 0.6 is 22.6 Å². The lowest BCUT2D eigenvalue weighted by Crippen LogP contribution is -2.27. The molecule has 0 atom stereocenters. The normalized spacial score (nSPS) is 14.3. The second-order valence-corrected chi connectivity index (χ2v) is 4.24. The number of benzene rings is 1. The summed E-state index contributed by atoms with van der Waals surface area (Å²) in [4.78, 5) is 12.1. The van der Waals surface area contributed by atoms with Crippen LogP contribution in [0.25, 0.3) is 0 Å². The fourth-order valence-electron chi connectivity index (χ4n) is 1.65. The Morgan fingerprint density at radius 3 is 2.93 bits per heavy atom. The molecule has 0 saturated heterocycles. The van der Waals surface area contributed by atoms with Crippen LogP contribution in [-0.4, -0.2) is 17.7 Å². The van der Waals surface area contributed by atoms with Crippen molar-refractivity contribution in [3.05, 3.63) is 27.1 Å². The molecule has 2 rings (SSSR count). The Kier molecular flexibility index (Phi) is 2.34. The number of halogens is 2. The highest BCUT2D eigenvalue weighted by Gasteiger charge is 2.26. The fourth-order valence-corrected chi connectivity index (χ4v) is 2.58. The van der Waals surface area contributed by atoms with Gasteiger partial charge in [-0.05, 0) is 46.7 Å². The summed E-state index contributed by atoms with van der Waals surface area (Å²) in [6, 6.07) is 2.75. The van der Waals surface area contributed by atoms with Gasteiger partial charge in [0.15, 0.2) is 0 Å². The lowest BCUT2D eigenvalue weighted by atomic mass is 10.2. The number of nitrogens with zero attached hydrogens (tertiary/aromatic N) is 1. The van der Waals surface area contributed by atoms with Crippen molar-refractivity contribution < 1.29 is 14.3 Å². The van der Waals surface area contributed by atoms with Gasteiger partial charge in [0.05, 0.1) is 5.69 Å². The smallest absolute Gasteiger partial charge is 0.411 e. The summed E-state index contributed by atoms with van der Waals surface area (Å²) in [5.74, 6) is -0.305. The van der Waals surface area contributed by atoms with Crippen molar-refractivity contribution in [2.45, 2.75) is 6.42 Å². The molecule has 0 spiro atoms. The minimum atomic E-state index is -0.978. The lowest BCUT2D eigenvalue weighted by molar-refractivity contribution is 0.202. The van der Waals surface area contributed by atoms with Gasteiger partial charge >= 0.3 is 6.09 Å². The molecule has 0 aliphatic carbocycles. The molecule has 1 aliphatic rings. The third-order valence-electron chi connectivity index (χ3n) is 2.21. The number of hydrogen-bond acceptors (Lipinski definition) is 1. The van der Waals surface area contributed by atoms with E-state index < -0.39 is 6.09 Å². The van der Waals surface area contributed by atoms with E-state index in [4.69, 9.17) is 5.11 Å². The number of carboxylic acid groups (broad SMARTS) is 1. The summed E-state index contributed by atoms with van der Waals surface area (Å²) in [5.41, 5.74) is 1.41. The van der Waals surface area contributed by atoms with Crippen molar-refractivity contribution in [3.63, 3.8) is 0 Å².